The highest BCUT2D eigenvalue weighted by molar-refractivity contribution is 9.10. The Labute approximate surface area is 178 Å². The molecule has 0 amide bonds. The first-order chi connectivity index (χ1) is 14.2. The van der Waals surface area contributed by atoms with Gasteiger partial charge in [-0.1, -0.05) is 5.16 Å². The Morgan fingerprint density at radius 1 is 1.30 bits per heavy atom. The van der Waals surface area contributed by atoms with Gasteiger partial charge in [0.25, 0.3) is 5.69 Å². The van der Waals surface area contributed by atoms with Crippen molar-refractivity contribution in [1.82, 2.24) is 10.3 Å². The lowest BCUT2D eigenvalue weighted by Gasteiger charge is -2.23. The van der Waals surface area contributed by atoms with Crippen LogP contribution in [0, 0.1) is 15.9 Å². The first-order valence-corrected chi connectivity index (χ1v) is 9.28. The SMILES string of the molecule is CC(C)(O/N=C(\Nc1ccc(F)c(Br)c1)c1nonc1N)c1ccc([N+](=O)[O-])cc1. The summed E-state index contributed by atoms with van der Waals surface area (Å²) < 4.78 is 18.4. The minimum atomic E-state index is -0.961. The summed E-state index contributed by atoms with van der Waals surface area (Å²) >= 11 is 3.11. The van der Waals surface area contributed by atoms with Gasteiger partial charge in [0.2, 0.25) is 5.84 Å². The van der Waals surface area contributed by atoms with E-state index in [1.54, 1.807) is 26.0 Å². The molecule has 0 aliphatic heterocycles. The zero-order chi connectivity index (χ0) is 21.9. The Hall–Kier alpha value is -3.54. The fourth-order valence-corrected chi connectivity index (χ4v) is 2.77. The van der Waals surface area contributed by atoms with E-state index in [1.807, 2.05) is 0 Å². The molecule has 0 spiro atoms. The number of nitrogen functional groups attached to an aromatic ring is 1. The summed E-state index contributed by atoms with van der Waals surface area (Å²) in [4.78, 5) is 16.0. The second-order valence-electron chi connectivity index (χ2n) is 6.60. The van der Waals surface area contributed by atoms with Crippen LogP contribution in [0.15, 0.2) is 56.7 Å². The average molecular weight is 479 g/mol. The Bertz CT molecular complexity index is 1100. The molecule has 1 aromatic heterocycles. The van der Waals surface area contributed by atoms with Crippen molar-refractivity contribution in [2.75, 3.05) is 11.1 Å². The molecule has 0 saturated carbocycles. The Balaban J connectivity index is 1.89. The third kappa shape index (κ3) is 4.71. The van der Waals surface area contributed by atoms with Crippen LogP contribution in [0.5, 0.6) is 0 Å². The second-order valence-corrected chi connectivity index (χ2v) is 7.45. The van der Waals surface area contributed by atoms with Gasteiger partial charge in [-0.15, -0.1) is 0 Å². The van der Waals surface area contributed by atoms with Crippen LogP contribution in [0.4, 0.5) is 21.6 Å². The number of aromatic nitrogens is 2. The van der Waals surface area contributed by atoms with Crippen LogP contribution in [0.2, 0.25) is 0 Å². The van der Waals surface area contributed by atoms with Gasteiger partial charge in [0, 0.05) is 17.8 Å². The maximum absolute atomic E-state index is 13.5. The molecule has 0 bridgehead atoms. The zero-order valence-electron chi connectivity index (χ0n) is 15.8. The Morgan fingerprint density at radius 2 is 2.00 bits per heavy atom. The molecule has 0 fully saturated rings. The Kier molecular flexibility index (Phi) is 5.96. The number of rotatable bonds is 6. The monoisotopic (exact) mass is 478 g/mol. The van der Waals surface area contributed by atoms with Crippen molar-refractivity contribution in [2.24, 2.45) is 5.16 Å². The number of nitro benzene ring substituents is 1. The van der Waals surface area contributed by atoms with E-state index >= 15 is 0 Å². The van der Waals surface area contributed by atoms with E-state index in [2.05, 4.69) is 41.3 Å². The summed E-state index contributed by atoms with van der Waals surface area (Å²) in [7, 11) is 0. The number of nitro groups is 1. The lowest BCUT2D eigenvalue weighted by molar-refractivity contribution is -0.384. The summed E-state index contributed by atoms with van der Waals surface area (Å²) in [6.07, 6.45) is 0. The van der Waals surface area contributed by atoms with Crippen LogP contribution in [-0.4, -0.2) is 21.1 Å². The standard InChI is InChI=1S/C18H16BrFN6O4/c1-18(2,10-3-6-12(7-4-10)26(27)28)29-25-17(15-16(21)24-30-23-15)22-11-5-8-14(20)13(19)9-11/h3-9H,1-2H3,(H2,21,24)(H,22,25). The minimum Gasteiger partial charge on any atom is -0.383 e. The third-order valence-electron chi connectivity index (χ3n) is 4.06. The molecular weight excluding hydrogens is 463 g/mol. The van der Waals surface area contributed by atoms with E-state index in [4.69, 9.17) is 10.6 Å². The van der Waals surface area contributed by atoms with Crippen LogP contribution in [0.1, 0.15) is 25.1 Å². The lowest BCUT2D eigenvalue weighted by Crippen LogP contribution is -2.23. The molecule has 0 atom stereocenters. The molecule has 3 rings (SSSR count). The van der Waals surface area contributed by atoms with Gasteiger partial charge in [0.1, 0.15) is 5.82 Å². The van der Waals surface area contributed by atoms with Crippen LogP contribution in [-0.2, 0) is 10.4 Å². The highest BCUT2D eigenvalue weighted by Crippen LogP contribution is 2.27. The largest absolute Gasteiger partial charge is 0.383 e. The normalized spacial score (nSPS) is 11.9. The highest BCUT2D eigenvalue weighted by Gasteiger charge is 2.25. The molecule has 1 heterocycles. The van der Waals surface area contributed by atoms with E-state index in [0.717, 1.165) is 0 Å². The van der Waals surface area contributed by atoms with E-state index in [1.165, 1.54) is 30.3 Å². The number of oxime groups is 1. The second kappa shape index (κ2) is 8.45. The number of non-ortho nitro benzene ring substituents is 1. The molecule has 156 valence electrons. The fraction of sp³-hybridized carbons (Fsp3) is 0.167. The first-order valence-electron chi connectivity index (χ1n) is 8.49. The number of hydrogen-bond donors (Lipinski definition) is 2. The van der Waals surface area contributed by atoms with Crippen LogP contribution in [0.25, 0.3) is 0 Å². The quantitative estimate of drug-likeness (QED) is 0.232. The van der Waals surface area contributed by atoms with Gasteiger partial charge < -0.3 is 15.9 Å². The van der Waals surface area contributed by atoms with Crippen LogP contribution in [0.3, 0.4) is 0 Å². The van der Waals surface area contributed by atoms with Gasteiger partial charge in [0.05, 0.1) is 9.40 Å². The molecule has 0 aliphatic carbocycles. The fourth-order valence-electron chi connectivity index (χ4n) is 2.39. The maximum Gasteiger partial charge on any atom is 0.269 e. The lowest BCUT2D eigenvalue weighted by atomic mass is 9.98. The smallest absolute Gasteiger partial charge is 0.269 e. The molecule has 3 N–H and O–H groups in total. The van der Waals surface area contributed by atoms with Crippen molar-refractivity contribution in [3.05, 3.63) is 74.1 Å². The van der Waals surface area contributed by atoms with E-state index < -0.39 is 16.3 Å². The van der Waals surface area contributed by atoms with Gasteiger partial charge in [-0.05, 0) is 76.0 Å². The van der Waals surface area contributed by atoms with Crippen molar-refractivity contribution in [1.29, 1.82) is 0 Å². The summed E-state index contributed by atoms with van der Waals surface area (Å²) in [6, 6.07) is 10.1. The molecule has 0 unspecified atom stereocenters. The van der Waals surface area contributed by atoms with Gasteiger partial charge in [-0.25, -0.2) is 9.02 Å². The number of nitrogens with zero attached hydrogens (tertiary/aromatic N) is 4. The summed E-state index contributed by atoms with van der Waals surface area (Å²) in [5.74, 6) is -0.390. The van der Waals surface area contributed by atoms with Gasteiger partial charge in [0.15, 0.2) is 17.1 Å². The minimum absolute atomic E-state index is 0.0285. The molecule has 30 heavy (non-hydrogen) atoms. The first kappa shape index (κ1) is 21.2. The number of amidine groups is 1. The predicted octanol–water partition coefficient (Wildman–Crippen LogP) is 4.19. The number of benzene rings is 2. The van der Waals surface area contributed by atoms with Crippen molar-refractivity contribution < 1.29 is 18.8 Å². The molecule has 0 aliphatic rings. The van der Waals surface area contributed by atoms with Crippen molar-refractivity contribution in [2.45, 2.75) is 19.4 Å². The molecule has 10 nitrogen and oxygen atoms in total. The van der Waals surface area contributed by atoms with E-state index in [9.17, 15) is 14.5 Å². The van der Waals surface area contributed by atoms with E-state index in [-0.39, 0.29) is 27.5 Å². The van der Waals surface area contributed by atoms with Crippen molar-refractivity contribution >= 4 is 39.0 Å². The number of nitrogens with two attached hydrogens (primary N) is 1. The van der Waals surface area contributed by atoms with Gasteiger partial charge in [-0.3, -0.25) is 10.1 Å². The molecule has 3 aromatic rings. The van der Waals surface area contributed by atoms with Crippen molar-refractivity contribution in [3.63, 3.8) is 0 Å². The summed E-state index contributed by atoms with van der Waals surface area (Å²) in [5.41, 5.74) is 5.98. The highest BCUT2D eigenvalue weighted by atomic mass is 79.9. The molecular formula is C18H16BrFN6O4. The molecule has 0 radical (unpaired) electrons. The van der Waals surface area contributed by atoms with Gasteiger partial charge in [-0.2, -0.15) is 0 Å². The van der Waals surface area contributed by atoms with Crippen LogP contribution < -0.4 is 11.1 Å². The predicted molar refractivity (Wildman–Crippen MR) is 110 cm³/mol. The number of hydrogen-bond acceptors (Lipinski definition) is 8. The maximum atomic E-state index is 13.5. The third-order valence-corrected chi connectivity index (χ3v) is 4.67. The topological polar surface area (TPSA) is 142 Å². The summed E-state index contributed by atoms with van der Waals surface area (Å²) in [5, 5.41) is 25.1. The summed E-state index contributed by atoms with van der Waals surface area (Å²) in [6.45, 7) is 3.46. The van der Waals surface area contributed by atoms with Crippen LogP contribution >= 0.6 is 15.9 Å². The zero-order valence-corrected chi connectivity index (χ0v) is 17.4. The van der Waals surface area contributed by atoms with Crippen molar-refractivity contribution in [3.8, 4) is 0 Å². The Morgan fingerprint density at radius 3 is 2.57 bits per heavy atom. The average Bonchev–Trinajstić information content (AvgIpc) is 3.13. The number of anilines is 2. The molecule has 2 aromatic carbocycles. The van der Waals surface area contributed by atoms with Gasteiger partial charge >= 0.3 is 0 Å². The number of nitrogens with one attached hydrogen (secondary N) is 1. The number of halogens is 2. The molecule has 12 heteroatoms. The molecule has 0 saturated heterocycles. The van der Waals surface area contributed by atoms with E-state index in [0.29, 0.717) is 11.3 Å².